The third-order valence-corrected chi connectivity index (χ3v) is 4.71. The molecule has 0 saturated carbocycles. The number of aliphatic hydroxyl groups is 1. The largest absolute Gasteiger partial charge is 0.496 e. The maximum absolute atomic E-state index is 10.5. The summed E-state index contributed by atoms with van der Waals surface area (Å²) in [6.07, 6.45) is 1.62. The lowest BCUT2D eigenvalue weighted by Crippen LogP contribution is -2.04. The highest BCUT2D eigenvalue weighted by atomic mass is 79.9. The summed E-state index contributed by atoms with van der Waals surface area (Å²) in [5.41, 5.74) is 2.76. The number of aromatic nitrogens is 1. The van der Waals surface area contributed by atoms with Gasteiger partial charge in [-0.05, 0) is 41.3 Å². The van der Waals surface area contributed by atoms with E-state index in [1.54, 1.807) is 24.6 Å². The maximum atomic E-state index is 10.5. The number of halogens is 1. The average Bonchev–Trinajstić information content (AvgIpc) is 2.94. The molecule has 2 heterocycles. The van der Waals surface area contributed by atoms with Gasteiger partial charge in [0.25, 0.3) is 0 Å². The number of hydrogen-bond donors (Lipinski definition) is 1. The molecule has 0 saturated heterocycles. The van der Waals surface area contributed by atoms with Crippen LogP contribution in [-0.4, -0.2) is 17.2 Å². The van der Waals surface area contributed by atoms with Crippen molar-refractivity contribution in [2.75, 3.05) is 7.11 Å². The van der Waals surface area contributed by atoms with Crippen molar-refractivity contribution in [3.63, 3.8) is 0 Å². The molecule has 0 amide bonds. The number of hydrogen-bond acceptors (Lipinski definition) is 4. The highest BCUT2D eigenvalue weighted by molar-refractivity contribution is 9.10. The fourth-order valence-electron chi connectivity index (χ4n) is 2.28. The first kappa shape index (κ1) is 14.5. The molecule has 21 heavy (non-hydrogen) atoms. The maximum Gasteiger partial charge on any atom is 0.122 e. The number of fused-ring (bicyclic) bond motifs is 1. The number of nitrogens with zero attached hydrogens (tertiary/aromatic N) is 1. The first-order valence-corrected chi connectivity index (χ1v) is 8.18. The van der Waals surface area contributed by atoms with Gasteiger partial charge in [0.1, 0.15) is 5.75 Å². The normalized spacial score (nSPS) is 12.5. The summed E-state index contributed by atoms with van der Waals surface area (Å²) in [6.45, 7) is 0. The number of pyridine rings is 1. The lowest BCUT2D eigenvalue weighted by atomic mass is 10.0. The Morgan fingerprint density at radius 1 is 1.33 bits per heavy atom. The molecule has 0 radical (unpaired) electrons. The molecule has 0 aliphatic rings. The summed E-state index contributed by atoms with van der Waals surface area (Å²) < 4.78 is 7.41. The van der Waals surface area contributed by atoms with Crippen LogP contribution >= 0.6 is 27.3 Å². The van der Waals surface area contributed by atoms with Gasteiger partial charge >= 0.3 is 0 Å². The van der Waals surface area contributed by atoms with Crippen molar-refractivity contribution in [2.45, 2.75) is 12.5 Å². The minimum Gasteiger partial charge on any atom is -0.496 e. The average molecular weight is 364 g/mol. The van der Waals surface area contributed by atoms with E-state index in [1.807, 2.05) is 35.7 Å². The van der Waals surface area contributed by atoms with Crippen LogP contribution in [0, 0.1) is 0 Å². The molecule has 1 unspecified atom stereocenters. The Labute approximate surface area is 135 Å². The van der Waals surface area contributed by atoms with Gasteiger partial charge < -0.3 is 9.84 Å². The van der Waals surface area contributed by atoms with Crippen molar-refractivity contribution in [2.24, 2.45) is 0 Å². The van der Waals surface area contributed by atoms with E-state index < -0.39 is 6.10 Å². The van der Waals surface area contributed by atoms with Crippen molar-refractivity contribution < 1.29 is 9.84 Å². The van der Waals surface area contributed by atoms with Crippen molar-refractivity contribution in [3.05, 3.63) is 57.5 Å². The van der Waals surface area contributed by atoms with Crippen LogP contribution in [0.15, 0.2) is 46.4 Å². The van der Waals surface area contributed by atoms with Gasteiger partial charge in [-0.1, -0.05) is 15.9 Å². The third kappa shape index (κ3) is 3.10. The number of methoxy groups -OCH3 is 1. The lowest BCUT2D eigenvalue weighted by molar-refractivity contribution is 0.177. The Morgan fingerprint density at radius 2 is 2.19 bits per heavy atom. The van der Waals surface area contributed by atoms with Gasteiger partial charge in [0.05, 0.1) is 23.4 Å². The standard InChI is InChI=1S/C16H14BrNO2S/c1-20-15-3-2-12(17)6-10(15)7-14(19)11-8-16-13(18-9-11)4-5-21-16/h2-6,8-9,14,19H,7H2,1H3. The lowest BCUT2D eigenvalue weighted by Gasteiger charge is -2.14. The van der Waals surface area contributed by atoms with Crippen LogP contribution in [0.3, 0.4) is 0 Å². The van der Waals surface area contributed by atoms with Crippen LogP contribution in [0.1, 0.15) is 17.2 Å². The fraction of sp³-hybridized carbons (Fsp3) is 0.188. The second kappa shape index (κ2) is 6.13. The molecule has 3 rings (SSSR count). The molecular weight excluding hydrogens is 350 g/mol. The molecule has 0 aliphatic heterocycles. The molecule has 1 atom stereocenters. The highest BCUT2D eigenvalue weighted by Gasteiger charge is 2.14. The summed E-state index contributed by atoms with van der Waals surface area (Å²) in [6, 6.07) is 9.77. The monoisotopic (exact) mass is 363 g/mol. The van der Waals surface area contributed by atoms with Crippen LogP contribution in [-0.2, 0) is 6.42 Å². The number of ether oxygens (including phenoxy) is 1. The number of benzene rings is 1. The Kier molecular flexibility index (Phi) is 4.24. The molecule has 3 nitrogen and oxygen atoms in total. The number of rotatable bonds is 4. The highest BCUT2D eigenvalue weighted by Crippen LogP contribution is 2.29. The van der Waals surface area contributed by atoms with E-state index in [0.29, 0.717) is 6.42 Å². The summed E-state index contributed by atoms with van der Waals surface area (Å²) in [5.74, 6) is 0.780. The van der Waals surface area contributed by atoms with Gasteiger partial charge in [0, 0.05) is 22.7 Å². The summed E-state index contributed by atoms with van der Waals surface area (Å²) >= 11 is 5.08. The summed E-state index contributed by atoms with van der Waals surface area (Å²) in [4.78, 5) is 4.37. The zero-order valence-corrected chi connectivity index (χ0v) is 13.8. The zero-order chi connectivity index (χ0) is 14.8. The van der Waals surface area contributed by atoms with Crippen molar-refractivity contribution in [1.29, 1.82) is 0 Å². The number of aliphatic hydroxyl groups excluding tert-OH is 1. The fourth-order valence-corrected chi connectivity index (χ4v) is 3.47. The molecule has 0 fully saturated rings. The Balaban J connectivity index is 1.88. The molecule has 0 bridgehead atoms. The zero-order valence-electron chi connectivity index (χ0n) is 11.4. The molecule has 0 aliphatic carbocycles. The van der Waals surface area contributed by atoms with Gasteiger partial charge in [0.15, 0.2) is 0 Å². The van der Waals surface area contributed by atoms with E-state index in [4.69, 9.17) is 4.74 Å². The van der Waals surface area contributed by atoms with Gasteiger partial charge in [-0.25, -0.2) is 0 Å². The van der Waals surface area contributed by atoms with Crippen LogP contribution in [0.5, 0.6) is 5.75 Å². The number of thiophene rings is 1. The van der Waals surface area contributed by atoms with E-state index in [1.165, 1.54) is 0 Å². The van der Waals surface area contributed by atoms with Crippen molar-refractivity contribution in [1.82, 2.24) is 4.98 Å². The van der Waals surface area contributed by atoms with E-state index in [-0.39, 0.29) is 0 Å². The topological polar surface area (TPSA) is 42.4 Å². The van der Waals surface area contributed by atoms with Crippen LogP contribution in [0.4, 0.5) is 0 Å². The van der Waals surface area contributed by atoms with Gasteiger partial charge in [-0.15, -0.1) is 11.3 Å². The van der Waals surface area contributed by atoms with Crippen LogP contribution < -0.4 is 4.74 Å². The Hall–Kier alpha value is -1.43. The second-order valence-corrected chi connectivity index (χ2v) is 6.61. The van der Waals surface area contributed by atoms with E-state index in [2.05, 4.69) is 20.9 Å². The van der Waals surface area contributed by atoms with Crippen molar-refractivity contribution >= 4 is 37.5 Å². The van der Waals surface area contributed by atoms with Crippen molar-refractivity contribution in [3.8, 4) is 5.75 Å². The summed E-state index contributed by atoms with van der Waals surface area (Å²) in [5, 5.41) is 12.5. The summed E-state index contributed by atoms with van der Waals surface area (Å²) in [7, 11) is 1.64. The van der Waals surface area contributed by atoms with E-state index in [9.17, 15) is 5.11 Å². The third-order valence-electron chi connectivity index (χ3n) is 3.36. The second-order valence-electron chi connectivity index (χ2n) is 4.75. The molecule has 108 valence electrons. The molecular formula is C16H14BrNO2S. The predicted octanol–water partition coefficient (Wildman–Crippen LogP) is 4.34. The minimum absolute atomic E-state index is 0.487. The molecule has 5 heteroatoms. The first-order valence-electron chi connectivity index (χ1n) is 6.51. The Morgan fingerprint density at radius 3 is 3.00 bits per heavy atom. The smallest absolute Gasteiger partial charge is 0.122 e. The molecule has 2 aromatic heterocycles. The molecule has 1 N–H and O–H groups in total. The van der Waals surface area contributed by atoms with Gasteiger partial charge in [0.2, 0.25) is 0 Å². The Bertz CT molecular complexity index is 772. The predicted molar refractivity (Wildman–Crippen MR) is 89.0 cm³/mol. The van der Waals surface area contributed by atoms with E-state index in [0.717, 1.165) is 31.6 Å². The van der Waals surface area contributed by atoms with E-state index >= 15 is 0 Å². The quantitative estimate of drug-likeness (QED) is 0.749. The van der Waals surface area contributed by atoms with Crippen LogP contribution in [0.25, 0.3) is 10.2 Å². The first-order chi connectivity index (χ1) is 10.2. The molecule has 1 aromatic carbocycles. The minimum atomic E-state index is -0.604. The molecule has 3 aromatic rings. The molecule has 0 spiro atoms. The van der Waals surface area contributed by atoms with Gasteiger partial charge in [-0.3, -0.25) is 4.98 Å². The SMILES string of the molecule is COc1ccc(Br)cc1CC(O)c1cnc2ccsc2c1. The van der Waals surface area contributed by atoms with Crippen LogP contribution in [0.2, 0.25) is 0 Å². The van der Waals surface area contributed by atoms with Gasteiger partial charge in [-0.2, -0.15) is 0 Å².